The first kappa shape index (κ1) is 22.4. The van der Waals surface area contributed by atoms with E-state index in [-0.39, 0.29) is 11.8 Å². The third kappa shape index (κ3) is 4.72. The Hall–Kier alpha value is -3.75. The minimum Gasteiger partial charge on any atom is -0.493 e. The van der Waals surface area contributed by atoms with Crippen molar-refractivity contribution in [3.8, 4) is 28.6 Å². The molecular formula is C24H28N4O5. The molecule has 0 spiro atoms. The number of ether oxygens (including phenoxy) is 3. The second kappa shape index (κ2) is 9.81. The van der Waals surface area contributed by atoms with Crippen molar-refractivity contribution in [3.05, 3.63) is 42.0 Å². The van der Waals surface area contributed by atoms with Gasteiger partial charge in [-0.05, 0) is 25.3 Å². The number of rotatable bonds is 7. The molecule has 4 rings (SSSR count). The van der Waals surface area contributed by atoms with Crippen molar-refractivity contribution in [2.75, 3.05) is 44.6 Å². The van der Waals surface area contributed by atoms with E-state index >= 15 is 0 Å². The highest BCUT2D eigenvalue weighted by molar-refractivity contribution is 5.93. The van der Waals surface area contributed by atoms with Gasteiger partial charge in [-0.25, -0.2) is 0 Å². The van der Waals surface area contributed by atoms with Gasteiger partial charge in [0.15, 0.2) is 11.5 Å². The van der Waals surface area contributed by atoms with Gasteiger partial charge in [0.05, 0.1) is 21.3 Å². The van der Waals surface area contributed by atoms with E-state index in [2.05, 4.69) is 15.5 Å². The number of benzene rings is 2. The summed E-state index contributed by atoms with van der Waals surface area (Å²) in [7, 11) is 4.63. The van der Waals surface area contributed by atoms with E-state index in [1.54, 1.807) is 33.5 Å². The van der Waals surface area contributed by atoms with Crippen LogP contribution in [0.4, 0.5) is 11.7 Å². The van der Waals surface area contributed by atoms with Crippen LogP contribution < -0.4 is 24.4 Å². The summed E-state index contributed by atoms with van der Waals surface area (Å²) in [5.41, 5.74) is 2.64. The lowest BCUT2D eigenvalue weighted by molar-refractivity contribution is -0.120. The Labute approximate surface area is 192 Å². The van der Waals surface area contributed by atoms with Crippen LogP contribution in [0.3, 0.4) is 0 Å². The van der Waals surface area contributed by atoms with Crippen LogP contribution in [0.25, 0.3) is 11.4 Å². The number of hydrogen-bond donors (Lipinski definition) is 1. The number of nitrogens with zero attached hydrogens (tertiary/aromatic N) is 3. The molecule has 0 unspecified atom stereocenters. The van der Waals surface area contributed by atoms with Crippen molar-refractivity contribution in [2.24, 2.45) is 5.92 Å². The number of methoxy groups -OCH3 is 3. The standard InChI is InChI=1S/C24H28N4O5/c1-15-7-5-6-8-18(15)22-26-24(33-27-22)28-11-9-16(10-12-28)23(29)25-17-13-19(30-2)21(32-4)20(14-17)31-3/h5-8,13-14,16H,9-12H2,1-4H3,(H,25,29). The van der Waals surface area contributed by atoms with Gasteiger partial charge in [-0.15, -0.1) is 0 Å². The first-order chi connectivity index (χ1) is 16.0. The molecule has 2 heterocycles. The molecule has 3 aromatic rings. The second-order valence-electron chi connectivity index (χ2n) is 7.88. The van der Waals surface area contributed by atoms with Gasteiger partial charge in [0.1, 0.15) is 0 Å². The van der Waals surface area contributed by atoms with E-state index in [4.69, 9.17) is 18.7 Å². The third-order valence-electron chi connectivity index (χ3n) is 5.87. The van der Waals surface area contributed by atoms with Gasteiger partial charge in [0.25, 0.3) is 0 Å². The molecule has 0 radical (unpaired) electrons. The number of carbonyl (C=O) groups is 1. The maximum absolute atomic E-state index is 12.9. The number of hydrogen-bond acceptors (Lipinski definition) is 8. The number of piperidine rings is 1. The van der Waals surface area contributed by atoms with Crippen LogP contribution in [0.1, 0.15) is 18.4 Å². The van der Waals surface area contributed by atoms with Crippen LogP contribution in [0.15, 0.2) is 40.9 Å². The molecule has 1 aliphatic rings. The number of anilines is 2. The van der Waals surface area contributed by atoms with Crippen molar-refractivity contribution in [3.63, 3.8) is 0 Å². The van der Waals surface area contributed by atoms with Crippen molar-refractivity contribution in [1.82, 2.24) is 10.1 Å². The van der Waals surface area contributed by atoms with Crippen LogP contribution >= 0.6 is 0 Å². The summed E-state index contributed by atoms with van der Waals surface area (Å²) in [5.74, 6) is 1.86. The number of aryl methyl sites for hydroxylation is 1. The average molecular weight is 453 g/mol. The second-order valence-corrected chi connectivity index (χ2v) is 7.88. The quantitative estimate of drug-likeness (QED) is 0.576. The van der Waals surface area contributed by atoms with Crippen molar-refractivity contribution < 1.29 is 23.5 Å². The Bertz CT molecular complexity index is 1100. The van der Waals surface area contributed by atoms with Gasteiger partial charge in [-0.3, -0.25) is 4.79 Å². The number of carbonyl (C=O) groups excluding carboxylic acids is 1. The largest absolute Gasteiger partial charge is 0.493 e. The molecule has 33 heavy (non-hydrogen) atoms. The zero-order valence-electron chi connectivity index (χ0n) is 19.3. The fraction of sp³-hybridized carbons (Fsp3) is 0.375. The van der Waals surface area contributed by atoms with E-state index in [0.717, 1.165) is 11.1 Å². The van der Waals surface area contributed by atoms with E-state index < -0.39 is 0 Å². The minimum atomic E-state index is -0.126. The molecule has 1 aliphatic heterocycles. The molecule has 0 atom stereocenters. The Balaban J connectivity index is 1.39. The summed E-state index contributed by atoms with van der Waals surface area (Å²) in [6.07, 6.45) is 1.36. The maximum Gasteiger partial charge on any atom is 0.324 e. The molecule has 0 aliphatic carbocycles. The third-order valence-corrected chi connectivity index (χ3v) is 5.87. The maximum atomic E-state index is 12.9. The summed E-state index contributed by atoms with van der Waals surface area (Å²) in [5, 5.41) is 7.11. The van der Waals surface area contributed by atoms with Crippen LogP contribution in [0, 0.1) is 12.8 Å². The van der Waals surface area contributed by atoms with Crippen LogP contribution in [0.5, 0.6) is 17.2 Å². The lowest BCUT2D eigenvalue weighted by Crippen LogP contribution is -2.38. The molecule has 2 aromatic carbocycles. The smallest absolute Gasteiger partial charge is 0.324 e. The molecule has 0 saturated carbocycles. The van der Waals surface area contributed by atoms with Crippen LogP contribution in [-0.4, -0.2) is 50.5 Å². The molecule has 0 bridgehead atoms. The van der Waals surface area contributed by atoms with Crippen molar-refractivity contribution in [1.29, 1.82) is 0 Å². The van der Waals surface area contributed by atoms with E-state index in [1.807, 2.05) is 36.1 Å². The Morgan fingerprint density at radius 2 is 1.73 bits per heavy atom. The number of nitrogens with one attached hydrogen (secondary N) is 1. The fourth-order valence-corrected chi connectivity index (χ4v) is 4.01. The lowest BCUT2D eigenvalue weighted by atomic mass is 9.96. The van der Waals surface area contributed by atoms with Gasteiger partial charge in [0.2, 0.25) is 17.5 Å². The molecule has 1 saturated heterocycles. The van der Waals surface area contributed by atoms with Gasteiger partial charge in [-0.2, -0.15) is 4.98 Å². The van der Waals surface area contributed by atoms with Gasteiger partial charge < -0.3 is 29.0 Å². The predicted octanol–water partition coefficient (Wildman–Crippen LogP) is 3.93. The van der Waals surface area contributed by atoms with Crippen molar-refractivity contribution in [2.45, 2.75) is 19.8 Å². The van der Waals surface area contributed by atoms with E-state index in [1.165, 1.54) is 0 Å². The zero-order chi connectivity index (χ0) is 23.4. The highest BCUT2D eigenvalue weighted by Crippen LogP contribution is 2.40. The number of amides is 1. The first-order valence-corrected chi connectivity index (χ1v) is 10.8. The number of aromatic nitrogens is 2. The van der Waals surface area contributed by atoms with Crippen LogP contribution in [-0.2, 0) is 4.79 Å². The Kier molecular flexibility index (Phi) is 6.67. The van der Waals surface area contributed by atoms with Gasteiger partial charge in [0, 0.05) is 42.4 Å². The minimum absolute atomic E-state index is 0.0462. The highest BCUT2D eigenvalue weighted by Gasteiger charge is 2.28. The van der Waals surface area contributed by atoms with E-state index in [0.29, 0.717) is 60.7 Å². The highest BCUT2D eigenvalue weighted by atomic mass is 16.5. The molecule has 1 aromatic heterocycles. The van der Waals surface area contributed by atoms with Crippen molar-refractivity contribution >= 4 is 17.6 Å². The summed E-state index contributed by atoms with van der Waals surface area (Å²) < 4.78 is 21.6. The summed E-state index contributed by atoms with van der Waals surface area (Å²) in [6, 6.07) is 11.9. The monoisotopic (exact) mass is 452 g/mol. The topological polar surface area (TPSA) is 99.0 Å². The first-order valence-electron chi connectivity index (χ1n) is 10.8. The molecule has 9 heteroatoms. The molecule has 1 amide bonds. The lowest BCUT2D eigenvalue weighted by Gasteiger charge is -2.29. The molecule has 174 valence electrons. The predicted molar refractivity (Wildman–Crippen MR) is 124 cm³/mol. The van der Waals surface area contributed by atoms with Gasteiger partial charge >= 0.3 is 6.01 Å². The normalized spacial score (nSPS) is 14.1. The SMILES string of the molecule is COc1cc(NC(=O)C2CCN(c3nc(-c4ccccc4C)no3)CC2)cc(OC)c1OC. The fourth-order valence-electron chi connectivity index (χ4n) is 4.01. The summed E-state index contributed by atoms with van der Waals surface area (Å²) in [6.45, 7) is 3.33. The van der Waals surface area contributed by atoms with E-state index in [9.17, 15) is 4.79 Å². The Morgan fingerprint density at radius 1 is 1.06 bits per heavy atom. The average Bonchev–Trinajstić information content (AvgIpc) is 3.33. The van der Waals surface area contributed by atoms with Crippen LogP contribution in [0.2, 0.25) is 0 Å². The molecule has 1 N–H and O–H groups in total. The molecular weight excluding hydrogens is 424 g/mol. The zero-order valence-corrected chi connectivity index (χ0v) is 19.3. The van der Waals surface area contributed by atoms with Gasteiger partial charge in [-0.1, -0.05) is 29.4 Å². The summed E-state index contributed by atoms with van der Waals surface area (Å²) in [4.78, 5) is 19.5. The summed E-state index contributed by atoms with van der Waals surface area (Å²) >= 11 is 0. The Morgan fingerprint density at radius 3 is 2.33 bits per heavy atom. The molecule has 9 nitrogen and oxygen atoms in total. The molecule has 1 fully saturated rings.